The summed E-state index contributed by atoms with van der Waals surface area (Å²) in [5, 5.41) is 12.5. The zero-order valence-corrected chi connectivity index (χ0v) is 13.9. The zero-order valence-electron chi connectivity index (χ0n) is 13.1. The van der Waals surface area contributed by atoms with Gasteiger partial charge < -0.3 is 15.2 Å². The van der Waals surface area contributed by atoms with Crippen LogP contribution in [0.1, 0.15) is 32.6 Å². The number of rotatable bonds is 6. The molecule has 0 aliphatic heterocycles. The molecule has 6 heteroatoms. The number of hydrogen-bond donors (Lipinski definition) is 2. The van der Waals surface area contributed by atoms with Crippen molar-refractivity contribution in [3.8, 4) is 5.75 Å². The fourth-order valence-corrected chi connectivity index (χ4v) is 2.90. The van der Waals surface area contributed by atoms with Gasteiger partial charge in [0, 0.05) is 10.9 Å². The molecule has 2 rings (SSSR count). The number of benzene rings is 1. The van der Waals surface area contributed by atoms with E-state index in [1.165, 1.54) is 0 Å². The van der Waals surface area contributed by atoms with Crippen molar-refractivity contribution in [1.82, 2.24) is 5.32 Å². The predicted octanol–water partition coefficient (Wildman–Crippen LogP) is 3.11. The molecular formula is C17H22ClNO4. The lowest BCUT2D eigenvalue weighted by atomic mass is 9.81. The number of aliphatic carboxylic acids is 1. The molecule has 0 heterocycles. The smallest absolute Gasteiger partial charge is 0.306 e. The normalized spacial score (nSPS) is 22.2. The summed E-state index contributed by atoms with van der Waals surface area (Å²) in [7, 11) is 0. The SMILES string of the molecule is CC(CNC(=O)C1CCC(C(=O)O)CC1)Oc1ccc(Cl)cc1. The number of hydrogen-bond acceptors (Lipinski definition) is 3. The van der Waals surface area contributed by atoms with Crippen molar-refractivity contribution in [2.45, 2.75) is 38.7 Å². The molecule has 5 nitrogen and oxygen atoms in total. The van der Waals surface area contributed by atoms with Crippen molar-refractivity contribution < 1.29 is 19.4 Å². The molecule has 1 saturated carbocycles. The zero-order chi connectivity index (χ0) is 16.8. The van der Waals surface area contributed by atoms with Crippen molar-refractivity contribution in [1.29, 1.82) is 0 Å². The number of nitrogens with one attached hydrogen (secondary N) is 1. The van der Waals surface area contributed by atoms with Gasteiger partial charge >= 0.3 is 5.97 Å². The van der Waals surface area contributed by atoms with Crippen molar-refractivity contribution in [3.63, 3.8) is 0 Å². The summed E-state index contributed by atoms with van der Waals surface area (Å²) in [6.07, 6.45) is 2.26. The van der Waals surface area contributed by atoms with Gasteiger partial charge in [0.1, 0.15) is 11.9 Å². The quantitative estimate of drug-likeness (QED) is 0.835. The van der Waals surface area contributed by atoms with Crippen LogP contribution in [0, 0.1) is 11.8 Å². The van der Waals surface area contributed by atoms with E-state index in [1.54, 1.807) is 24.3 Å². The van der Waals surface area contributed by atoms with Crippen LogP contribution >= 0.6 is 11.6 Å². The first kappa shape index (κ1) is 17.6. The maximum absolute atomic E-state index is 12.1. The van der Waals surface area contributed by atoms with Gasteiger partial charge in [-0.05, 0) is 56.9 Å². The summed E-state index contributed by atoms with van der Waals surface area (Å²) in [6.45, 7) is 2.30. The minimum Gasteiger partial charge on any atom is -0.489 e. The van der Waals surface area contributed by atoms with Crippen LogP contribution in [-0.2, 0) is 9.59 Å². The van der Waals surface area contributed by atoms with Gasteiger partial charge in [-0.15, -0.1) is 0 Å². The molecule has 23 heavy (non-hydrogen) atoms. The molecule has 1 aliphatic rings. The Morgan fingerprint density at radius 3 is 2.35 bits per heavy atom. The molecule has 1 aliphatic carbocycles. The van der Waals surface area contributed by atoms with Gasteiger partial charge in [-0.25, -0.2) is 0 Å². The molecule has 0 saturated heterocycles. The Morgan fingerprint density at radius 1 is 1.22 bits per heavy atom. The van der Waals surface area contributed by atoms with E-state index in [0.717, 1.165) is 0 Å². The number of carboxylic acid groups (broad SMARTS) is 1. The van der Waals surface area contributed by atoms with E-state index < -0.39 is 5.97 Å². The first-order chi connectivity index (χ1) is 11.0. The van der Waals surface area contributed by atoms with Gasteiger partial charge in [-0.1, -0.05) is 11.6 Å². The second-order valence-corrected chi connectivity index (χ2v) is 6.45. The van der Waals surface area contributed by atoms with Gasteiger partial charge in [0.05, 0.1) is 12.5 Å². The monoisotopic (exact) mass is 339 g/mol. The average molecular weight is 340 g/mol. The summed E-state index contributed by atoms with van der Waals surface area (Å²) in [5.41, 5.74) is 0. The standard InChI is InChI=1S/C17H22ClNO4/c1-11(23-15-8-6-14(18)7-9-15)10-19-16(20)12-2-4-13(5-3-12)17(21)22/h6-9,11-13H,2-5,10H2,1H3,(H,19,20)(H,21,22). The fourth-order valence-electron chi connectivity index (χ4n) is 2.78. The molecular weight excluding hydrogens is 318 g/mol. The second-order valence-electron chi connectivity index (χ2n) is 6.01. The lowest BCUT2D eigenvalue weighted by Gasteiger charge is -2.25. The highest BCUT2D eigenvalue weighted by Gasteiger charge is 2.29. The number of carbonyl (C=O) groups is 2. The molecule has 1 aromatic rings. The predicted molar refractivity (Wildman–Crippen MR) is 87.6 cm³/mol. The maximum atomic E-state index is 12.1. The van der Waals surface area contributed by atoms with Crippen LogP contribution in [0.25, 0.3) is 0 Å². The topological polar surface area (TPSA) is 75.6 Å². The summed E-state index contributed by atoms with van der Waals surface area (Å²) in [5.74, 6) is -0.452. The lowest BCUT2D eigenvalue weighted by Crippen LogP contribution is -2.39. The molecule has 1 aromatic carbocycles. The summed E-state index contributed by atoms with van der Waals surface area (Å²) < 4.78 is 5.70. The highest BCUT2D eigenvalue weighted by molar-refractivity contribution is 6.30. The van der Waals surface area contributed by atoms with Crippen molar-refractivity contribution in [2.75, 3.05) is 6.54 Å². The van der Waals surface area contributed by atoms with Crippen LogP contribution in [0.2, 0.25) is 5.02 Å². The molecule has 0 spiro atoms. The van der Waals surface area contributed by atoms with Crippen molar-refractivity contribution in [3.05, 3.63) is 29.3 Å². The van der Waals surface area contributed by atoms with E-state index in [-0.39, 0.29) is 23.8 Å². The number of ether oxygens (including phenoxy) is 1. The molecule has 0 aromatic heterocycles. The minimum atomic E-state index is -0.756. The summed E-state index contributed by atoms with van der Waals surface area (Å²) in [4.78, 5) is 23.1. The average Bonchev–Trinajstić information content (AvgIpc) is 2.55. The van der Waals surface area contributed by atoms with Crippen LogP contribution in [0.3, 0.4) is 0 Å². The lowest BCUT2D eigenvalue weighted by molar-refractivity contribution is -0.144. The largest absolute Gasteiger partial charge is 0.489 e. The van der Waals surface area contributed by atoms with E-state index in [4.69, 9.17) is 21.4 Å². The number of halogens is 1. The second kappa shape index (κ2) is 8.20. The van der Waals surface area contributed by atoms with Crippen molar-refractivity contribution in [2.24, 2.45) is 11.8 Å². The van der Waals surface area contributed by atoms with Gasteiger partial charge in [-0.3, -0.25) is 9.59 Å². The van der Waals surface area contributed by atoms with E-state index in [2.05, 4.69) is 5.32 Å². The Balaban J connectivity index is 1.71. The Bertz CT molecular complexity index is 538. The molecule has 0 radical (unpaired) electrons. The number of carboxylic acids is 1. The Labute approximate surface area is 141 Å². The van der Waals surface area contributed by atoms with Crippen LogP contribution < -0.4 is 10.1 Å². The van der Waals surface area contributed by atoms with Gasteiger partial charge in [0.15, 0.2) is 0 Å². The van der Waals surface area contributed by atoms with E-state index in [0.29, 0.717) is 43.0 Å². The Morgan fingerprint density at radius 2 is 1.78 bits per heavy atom. The van der Waals surface area contributed by atoms with Gasteiger partial charge in [-0.2, -0.15) is 0 Å². The fraction of sp³-hybridized carbons (Fsp3) is 0.529. The third-order valence-electron chi connectivity index (χ3n) is 4.16. The van der Waals surface area contributed by atoms with E-state index >= 15 is 0 Å². The molecule has 1 fully saturated rings. The molecule has 1 amide bonds. The van der Waals surface area contributed by atoms with Crippen LogP contribution in [0.5, 0.6) is 5.75 Å². The number of amides is 1. The molecule has 1 unspecified atom stereocenters. The minimum absolute atomic E-state index is 0.0135. The van der Waals surface area contributed by atoms with Crippen LogP contribution in [0.15, 0.2) is 24.3 Å². The van der Waals surface area contributed by atoms with E-state index in [1.807, 2.05) is 6.92 Å². The van der Waals surface area contributed by atoms with E-state index in [9.17, 15) is 9.59 Å². The highest BCUT2D eigenvalue weighted by atomic mass is 35.5. The molecule has 0 bridgehead atoms. The third-order valence-corrected chi connectivity index (χ3v) is 4.41. The number of carbonyl (C=O) groups excluding carboxylic acids is 1. The first-order valence-corrected chi connectivity index (χ1v) is 8.26. The first-order valence-electron chi connectivity index (χ1n) is 7.88. The van der Waals surface area contributed by atoms with Gasteiger partial charge in [0.2, 0.25) is 5.91 Å². The van der Waals surface area contributed by atoms with Gasteiger partial charge in [0.25, 0.3) is 0 Å². The third kappa shape index (κ3) is 5.43. The maximum Gasteiger partial charge on any atom is 0.306 e. The summed E-state index contributed by atoms with van der Waals surface area (Å²) >= 11 is 5.82. The molecule has 1 atom stereocenters. The summed E-state index contributed by atoms with van der Waals surface area (Å²) in [6, 6.07) is 7.08. The molecule has 2 N–H and O–H groups in total. The molecule has 126 valence electrons. The van der Waals surface area contributed by atoms with Crippen LogP contribution in [0.4, 0.5) is 0 Å². The Kier molecular flexibility index (Phi) is 6.28. The Hall–Kier alpha value is -1.75. The van der Waals surface area contributed by atoms with Crippen LogP contribution in [-0.4, -0.2) is 29.6 Å². The highest BCUT2D eigenvalue weighted by Crippen LogP contribution is 2.29. The van der Waals surface area contributed by atoms with Crippen molar-refractivity contribution >= 4 is 23.5 Å².